The lowest BCUT2D eigenvalue weighted by Gasteiger charge is -2.17. The molecule has 0 aliphatic heterocycles. The predicted octanol–water partition coefficient (Wildman–Crippen LogP) is 1.52. The van der Waals surface area contributed by atoms with Crippen LogP contribution < -0.4 is 0 Å². The van der Waals surface area contributed by atoms with Crippen LogP contribution in [0.2, 0.25) is 0 Å². The van der Waals surface area contributed by atoms with Gasteiger partial charge >= 0.3 is 12.6 Å². The van der Waals surface area contributed by atoms with Gasteiger partial charge in [0.05, 0.1) is 5.01 Å². The molecule has 0 radical (unpaired) electrons. The highest BCUT2D eigenvalue weighted by atomic mass is 19.4. The molecule has 0 saturated heterocycles. The van der Waals surface area contributed by atoms with E-state index in [-0.39, 0.29) is 0 Å². The SMILES string of the molecule is O=[N+]([O-])N(C(F)(F)F)C(F)(F)F. The zero-order valence-corrected chi connectivity index (χ0v) is 4.98. The van der Waals surface area contributed by atoms with E-state index >= 15 is 0 Å². The maximum Gasteiger partial charge on any atom is 0.545 e. The highest BCUT2D eigenvalue weighted by Gasteiger charge is 2.63. The molecule has 0 unspecified atom stereocenters. The fraction of sp³-hybridized carbons (Fsp3) is 1.00. The summed E-state index contributed by atoms with van der Waals surface area (Å²) in [6, 6.07) is 0. The molecule has 0 atom stereocenters. The molecule has 0 amide bonds. The topological polar surface area (TPSA) is 46.4 Å². The van der Waals surface area contributed by atoms with Crippen molar-refractivity contribution in [2.24, 2.45) is 0 Å². The number of alkyl halides is 6. The van der Waals surface area contributed by atoms with Crippen LogP contribution in [0, 0.1) is 10.1 Å². The molecule has 0 aliphatic rings. The summed E-state index contributed by atoms with van der Waals surface area (Å²) in [5.41, 5.74) is 0. The molecule has 0 aliphatic carbocycles. The van der Waals surface area contributed by atoms with Gasteiger partial charge in [0.25, 0.3) is 0 Å². The molecular weight excluding hydrogens is 198 g/mol. The minimum Gasteiger partial charge on any atom is -0.234 e. The fourth-order valence-corrected chi connectivity index (χ4v) is 0.329. The van der Waals surface area contributed by atoms with Crippen LogP contribution >= 0.6 is 0 Å². The average molecular weight is 198 g/mol. The zero-order valence-electron chi connectivity index (χ0n) is 4.98. The van der Waals surface area contributed by atoms with Crippen molar-refractivity contribution >= 4 is 0 Å². The van der Waals surface area contributed by atoms with Gasteiger partial charge in [-0.05, 0) is 0 Å². The molecule has 0 heterocycles. The maximum atomic E-state index is 11.2. The molecule has 4 nitrogen and oxygen atoms in total. The number of rotatable bonds is 1. The van der Waals surface area contributed by atoms with Crippen molar-refractivity contribution in [1.29, 1.82) is 0 Å². The first-order valence-electron chi connectivity index (χ1n) is 2.15. The van der Waals surface area contributed by atoms with Crippen molar-refractivity contribution in [2.45, 2.75) is 12.6 Å². The van der Waals surface area contributed by atoms with E-state index in [9.17, 15) is 36.5 Å². The molecule has 0 aromatic rings. The van der Waals surface area contributed by atoms with Crippen LogP contribution in [0.1, 0.15) is 0 Å². The molecule has 0 N–H and O–H groups in total. The van der Waals surface area contributed by atoms with E-state index in [1.807, 2.05) is 0 Å². The Labute approximate surface area is 60.5 Å². The number of nitrogens with zero attached hydrogens (tertiary/aromatic N) is 2. The van der Waals surface area contributed by atoms with E-state index in [0.717, 1.165) is 0 Å². The van der Waals surface area contributed by atoms with Gasteiger partial charge in [-0.2, -0.15) is 0 Å². The van der Waals surface area contributed by atoms with Gasteiger partial charge in [-0.25, -0.2) is 10.1 Å². The third kappa shape index (κ3) is 2.43. The molecular formula is C2F6N2O2. The van der Waals surface area contributed by atoms with Gasteiger partial charge in [0.1, 0.15) is 0 Å². The molecule has 10 heteroatoms. The van der Waals surface area contributed by atoms with E-state index < -0.39 is 22.6 Å². The van der Waals surface area contributed by atoms with Crippen LogP contribution in [0.5, 0.6) is 0 Å². The van der Waals surface area contributed by atoms with Crippen LogP contribution in [-0.2, 0) is 0 Å². The monoisotopic (exact) mass is 198 g/mol. The van der Waals surface area contributed by atoms with Gasteiger partial charge in [0, 0.05) is 0 Å². The summed E-state index contributed by atoms with van der Waals surface area (Å²) in [6.07, 6.45) is -12.1. The minimum absolute atomic E-state index is 2.58. The summed E-state index contributed by atoms with van der Waals surface area (Å²) in [7, 11) is 0. The lowest BCUT2D eigenvalue weighted by atomic mass is 10.9. The molecule has 0 spiro atoms. The van der Waals surface area contributed by atoms with Crippen molar-refractivity contribution in [3.8, 4) is 0 Å². The van der Waals surface area contributed by atoms with Crippen LogP contribution in [0.3, 0.4) is 0 Å². The van der Waals surface area contributed by atoms with Crippen molar-refractivity contribution in [2.75, 3.05) is 0 Å². The van der Waals surface area contributed by atoms with Crippen molar-refractivity contribution in [1.82, 2.24) is 5.01 Å². The highest BCUT2D eigenvalue weighted by Crippen LogP contribution is 2.32. The lowest BCUT2D eigenvalue weighted by Crippen LogP contribution is -2.51. The van der Waals surface area contributed by atoms with Crippen LogP contribution in [0.4, 0.5) is 26.3 Å². The van der Waals surface area contributed by atoms with E-state index in [1.165, 1.54) is 0 Å². The summed E-state index contributed by atoms with van der Waals surface area (Å²) in [4.78, 5) is 9.28. The second-order valence-corrected chi connectivity index (χ2v) is 1.49. The number of hydrogen-bond donors (Lipinski definition) is 0. The summed E-state index contributed by atoms with van der Waals surface area (Å²) in [6.45, 7) is 0. The van der Waals surface area contributed by atoms with Gasteiger partial charge in [-0.3, -0.25) is 0 Å². The van der Waals surface area contributed by atoms with Gasteiger partial charge in [0.15, 0.2) is 5.03 Å². The molecule has 0 aromatic carbocycles. The van der Waals surface area contributed by atoms with Crippen LogP contribution in [0.15, 0.2) is 0 Å². The predicted molar refractivity (Wildman–Crippen MR) is 20.9 cm³/mol. The zero-order chi connectivity index (χ0) is 10.2. The minimum atomic E-state index is -6.07. The molecule has 72 valence electrons. The van der Waals surface area contributed by atoms with Crippen molar-refractivity contribution in [3.63, 3.8) is 0 Å². The first-order valence-corrected chi connectivity index (χ1v) is 2.15. The van der Waals surface area contributed by atoms with E-state index in [4.69, 9.17) is 0 Å². The van der Waals surface area contributed by atoms with Crippen molar-refractivity contribution < 1.29 is 31.4 Å². The lowest BCUT2D eigenvalue weighted by molar-refractivity contribution is -0.755. The molecule has 0 saturated carbocycles. The van der Waals surface area contributed by atoms with Gasteiger partial charge in [0.2, 0.25) is 0 Å². The molecule has 0 rings (SSSR count). The number of hydrogen-bond acceptors (Lipinski definition) is 2. The Morgan fingerprint density at radius 1 is 1.00 bits per heavy atom. The molecule has 0 aromatic heterocycles. The highest BCUT2D eigenvalue weighted by molar-refractivity contribution is 4.49. The second-order valence-electron chi connectivity index (χ2n) is 1.49. The third-order valence-corrected chi connectivity index (χ3v) is 0.644. The average Bonchev–Trinajstić information content (AvgIpc) is 1.49. The van der Waals surface area contributed by atoms with Crippen molar-refractivity contribution in [3.05, 3.63) is 10.1 Å². The smallest absolute Gasteiger partial charge is 0.234 e. The molecule has 12 heavy (non-hydrogen) atoms. The summed E-state index contributed by atoms with van der Waals surface area (Å²) >= 11 is 0. The third-order valence-electron chi connectivity index (χ3n) is 0.644. The summed E-state index contributed by atoms with van der Waals surface area (Å²) in [5.74, 6) is 0. The Kier molecular flexibility index (Phi) is 2.41. The Morgan fingerprint density at radius 2 is 1.25 bits per heavy atom. The number of hydrazine groups is 1. The van der Waals surface area contributed by atoms with E-state index in [2.05, 4.69) is 0 Å². The fourth-order valence-electron chi connectivity index (χ4n) is 0.329. The van der Waals surface area contributed by atoms with E-state index in [0.29, 0.717) is 0 Å². The normalized spacial score (nSPS) is 12.8. The first kappa shape index (κ1) is 10.8. The quantitative estimate of drug-likeness (QED) is 0.277. The maximum absolute atomic E-state index is 11.2. The van der Waals surface area contributed by atoms with Gasteiger partial charge < -0.3 is 0 Å². The van der Waals surface area contributed by atoms with Crippen LogP contribution in [0.25, 0.3) is 0 Å². The summed E-state index contributed by atoms with van der Waals surface area (Å²) < 4.78 is 67.4. The molecule has 0 fully saturated rings. The molecule has 0 bridgehead atoms. The Bertz CT molecular complexity index is 169. The summed E-state index contributed by atoms with van der Waals surface area (Å²) in [5, 5.41) is 3.96. The standard InChI is InChI=1S/C2F6N2O2/c3-1(4,5)9(10(11)12)2(6,7)8. The van der Waals surface area contributed by atoms with Crippen LogP contribution in [-0.4, -0.2) is 22.6 Å². The Morgan fingerprint density at radius 3 is 1.25 bits per heavy atom. The Balaban J connectivity index is 4.82. The van der Waals surface area contributed by atoms with E-state index in [1.54, 1.807) is 0 Å². The largest absolute Gasteiger partial charge is 0.545 e. The first-order chi connectivity index (χ1) is 5.07. The second kappa shape index (κ2) is 2.68. The Hall–Kier alpha value is -1.22. The van der Waals surface area contributed by atoms with Gasteiger partial charge in [-0.1, -0.05) is 0 Å². The number of nitro groups is 1. The van der Waals surface area contributed by atoms with Gasteiger partial charge in [-0.15, -0.1) is 26.3 Å². The number of halogens is 6.